The van der Waals surface area contributed by atoms with Crippen molar-refractivity contribution in [1.29, 1.82) is 0 Å². The number of aromatic nitrogens is 1. The van der Waals surface area contributed by atoms with E-state index in [9.17, 15) is 4.79 Å². The van der Waals surface area contributed by atoms with Crippen LogP contribution in [-0.2, 0) is 9.53 Å². The minimum Gasteiger partial charge on any atom is -0.497 e. The number of carbonyl (C=O) groups is 1. The van der Waals surface area contributed by atoms with E-state index < -0.39 is 0 Å². The standard InChI is InChI=1S/C18H21N3O4/c1-23-15-3-5-16(6-4-15)25-13-18(22)20-14-2-7-17(19-12-14)21-8-10-24-11-9-21/h2-7,12H,8-11,13H2,1H3,(H,20,22). The molecular weight excluding hydrogens is 322 g/mol. The third kappa shape index (κ3) is 4.84. The van der Waals surface area contributed by atoms with E-state index in [-0.39, 0.29) is 12.5 Å². The number of carbonyl (C=O) groups excluding carboxylic acids is 1. The topological polar surface area (TPSA) is 72.9 Å². The number of amides is 1. The van der Waals surface area contributed by atoms with Crippen LogP contribution >= 0.6 is 0 Å². The summed E-state index contributed by atoms with van der Waals surface area (Å²) in [6, 6.07) is 10.8. The molecule has 25 heavy (non-hydrogen) atoms. The van der Waals surface area contributed by atoms with Gasteiger partial charge in [-0.3, -0.25) is 4.79 Å². The summed E-state index contributed by atoms with van der Waals surface area (Å²) in [6.07, 6.45) is 1.65. The molecule has 3 rings (SSSR count). The maximum atomic E-state index is 12.0. The maximum Gasteiger partial charge on any atom is 0.262 e. The van der Waals surface area contributed by atoms with Crippen LogP contribution < -0.4 is 19.7 Å². The molecule has 1 amide bonds. The molecule has 132 valence electrons. The van der Waals surface area contributed by atoms with Crippen LogP contribution in [0, 0.1) is 0 Å². The lowest BCUT2D eigenvalue weighted by Crippen LogP contribution is -2.36. The van der Waals surface area contributed by atoms with Gasteiger partial charge in [0.25, 0.3) is 5.91 Å². The van der Waals surface area contributed by atoms with E-state index in [1.54, 1.807) is 37.6 Å². The summed E-state index contributed by atoms with van der Waals surface area (Å²) in [7, 11) is 1.60. The number of methoxy groups -OCH3 is 1. The predicted octanol–water partition coefficient (Wildman–Crippen LogP) is 1.94. The van der Waals surface area contributed by atoms with Crippen LogP contribution in [0.4, 0.5) is 11.5 Å². The lowest BCUT2D eigenvalue weighted by molar-refractivity contribution is -0.118. The highest BCUT2D eigenvalue weighted by Gasteiger charge is 2.12. The van der Waals surface area contributed by atoms with Crippen LogP contribution in [0.2, 0.25) is 0 Å². The fourth-order valence-corrected chi connectivity index (χ4v) is 2.46. The van der Waals surface area contributed by atoms with Gasteiger partial charge in [0.05, 0.1) is 32.2 Å². The Kier molecular flexibility index (Phi) is 5.69. The molecule has 1 aliphatic rings. The average Bonchev–Trinajstić information content (AvgIpc) is 2.68. The number of nitrogens with one attached hydrogen (secondary N) is 1. The molecule has 1 aromatic carbocycles. The fraction of sp³-hybridized carbons (Fsp3) is 0.333. The lowest BCUT2D eigenvalue weighted by atomic mass is 10.3. The largest absolute Gasteiger partial charge is 0.497 e. The van der Waals surface area contributed by atoms with Crippen LogP contribution in [0.3, 0.4) is 0 Å². The summed E-state index contributed by atoms with van der Waals surface area (Å²) in [6.45, 7) is 3.01. The molecule has 2 aromatic rings. The van der Waals surface area contributed by atoms with Crippen LogP contribution in [0.15, 0.2) is 42.6 Å². The zero-order valence-corrected chi connectivity index (χ0v) is 14.1. The highest BCUT2D eigenvalue weighted by molar-refractivity contribution is 5.91. The number of nitrogens with zero attached hydrogens (tertiary/aromatic N) is 2. The summed E-state index contributed by atoms with van der Waals surface area (Å²) >= 11 is 0. The minimum atomic E-state index is -0.239. The second-order valence-corrected chi connectivity index (χ2v) is 5.52. The number of anilines is 2. The predicted molar refractivity (Wildman–Crippen MR) is 94.4 cm³/mol. The molecule has 0 bridgehead atoms. The van der Waals surface area contributed by atoms with Crippen molar-refractivity contribution in [3.05, 3.63) is 42.6 Å². The van der Waals surface area contributed by atoms with Gasteiger partial charge in [-0.2, -0.15) is 0 Å². The minimum absolute atomic E-state index is 0.0719. The molecule has 2 heterocycles. The van der Waals surface area contributed by atoms with Crippen LogP contribution in [0.5, 0.6) is 11.5 Å². The Hall–Kier alpha value is -2.80. The first kappa shape index (κ1) is 17.0. The van der Waals surface area contributed by atoms with Crippen molar-refractivity contribution in [2.45, 2.75) is 0 Å². The molecule has 7 nitrogen and oxygen atoms in total. The third-order valence-corrected chi connectivity index (χ3v) is 3.80. The van der Waals surface area contributed by atoms with Gasteiger partial charge in [0.15, 0.2) is 6.61 Å². The molecule has 7 heteroatoms. The van der Waals surface area contributed by atoms with Gasteiger partial charge in [-0.05, 0) is 36.4 Å². The number of hydrogen-bond donors (Lipinski definition) is 1. The van der Waals surface area contributed by atoms with Crippen molar-refractivity contribution in [3.63, 3.8) is 0 Å². The number of hydrogen-bond acceptors (Lipinski definition) is 6. The van der Waals surface area contributed by atoms with Crippen molar-refractivity contribution in [1.82, 2.24) is 4.98 Å². The quantitative estimate of drug-likeness (QED) is 0.864. The molecule has 1 saturated heterocycles. The first-order chi connectivity index (χ1) is 12.2. The van der Waals surface area contributed by atoms with Crippen molar-refractivity contribution in [2.75, 3.05) is 50.2 Å². The Bertz CT molecular complexity index is 682. The lowest BCUT2D eigenvalue weighted by Gasteiger charge is -2.27. The van der Waals surface area contributed by atoms with Gasteiger partial charge >= 0.3 is 0 Å². The molecule has 0 atom stereocenters. The first-order valence-corrected chi connectivity index (χ1v) is 8.10. The van der Waals surface area contributed by atoms with Crippen LogP contribution in [-0.4, -0.2) is 50.9 Å². The van der Waals surface area contributed by atoms with Crippen molar-refractivity contribution in [3.8, 4) is 11.5 Å². The molecule has 1 aliphatic heterocycles. The van der Waals surface area contributed by atoms with Crippen molar-refractivity contribution < 1.29 is 19.0 Å². The number of benzene rings is 1. The molecule has 0 saturated carbocycles. The van der Waals surface area contributed by atoms with Crippen LogP contribution in [0.1, 0.15) is 0 Å². The Labute approximate surface area is 146 Å². The van der Waals surface area contributed by atoms with E-state index in [4.69, 9.17) is 14.2 Å². The number of pyridine rings is 1. The second kappa shape index (κ2) is 8.34. The van der Waals surface area contributed by atoms with E-state index in [0.29, 0.717) is 24.7 Å². The monoisotopic (exact) mass is 343 g/mol. The molecule has 0 spiro atoms. The van der Waals surface area contributed by atoms with Gasteiger partial charge in [0.1, 0.15) is 17.3 Å². The SMILES string of the molecule is COc1ccc(OCC(=O)Nc2ccc(N3CCOCC3)nc2)cc1. The summed E-state index contributed by atoms with van der Waals surface area (Å²) in [5.74, 6) is 1.99. The van der Waals surface area contributed by atoms with Crippen molar-refractivity contribution >= 4 is 17.4 Å². The highest BCUT2D eigenvalue weighted by Crippen LogP contribution is 2.18. The van der Waals surface area contributed by atoms with Crippen molar-refractivity contribution in [2.24, 2.45) is 0 Å². The molecule has 0 radical (unpaired) electrons. The van der Waals surface area contributed by atoms with Gasteiger partial charge in [0.2, 0.25) is 0 Å². The van der Waals surface area contributed by atoms with E-state index in [1.165, 1.54) is 0 Å². The summed E-state index contributed by atoms with van der Waals surface area (Å²) < 4.78 is 15.8. The molecule has 1 aromatic heterocycles. The Balaban J connectivity index is 1.48. The number of morpholine rings is 1. The summed E-state index contributed by atoms with van der Waals surface area (Å²) in [5, 5.41) is 2.77. The molecule has 1 N–H and O–H groups in total. The molecule has 0 aliphatic carbocycles. The molecule has 1 fully saturated rings. The number of rotatable bonds is 6. The normalized spacial score (nSPS) is 14.0. The van der Waals surface area contributed by atoms with E-state index in [1.807, 2.05) is 12.1 Å². The smallest absolute Gasteiger partial charge is 0.262 e. The van der Waals surface area contributed by atoms with Gasteiger partial charge in [-0.25, -0.2) is 4.98 Å². The Morgan fingerprint density at radius 2 is 1.88 bits per heavy atom. The molecule has 0 unspecified atom stereocenters. The van der Waals surface area contributed by atoms with E-state index >= 15 is 0 Å². The second-order valence-electron chi connectivity index (χ2n) is 5.52. The summed E-state index contributed by atoms with van der Waals surface area (Å²) in [5.41, 5.74) is 0.639. The van der Waals surface area contributed by atoms with Gasteiger partial charge < -0.3 is 24.4 Å². The average molecular weight is 343 g/mol. The van der Waals surface area contributed by atoms with Crippen LogP contribution in [0.25, 0.3) is 0 Å². The van der Waals surface area contributed by atoms with Gasteiger partial charge in [-0.1, -0.05) is 0 Å². The Morgan fingerprint density at radius 1 is 1.16 bits per heavy atom. The first-order valence-electron chi connectivity index (χ1n) is 8.10. The maximum absolute atomic E-state index is 12.0. The number of ether oxygens (including phenoxy) is 3. The highest BCUT2D eigenvalue weighted by atomic mass is 16.5. The zero-order valence-electron chi connectivity index (χ0n) is 14.1. The van der Waals surface area contributed by atoms with Gasteiger partial charge in [0, 0.05) is 13.1 Å². The van der Waals surface area contributed by atoms with E-state index in [0.717, 1.165) is 24.7 Å². The molecular formula is C18H21N3O4. The third-order valence-electron chi connectivity index (χ3n) is 3.80. The van der Waals surface area contributed by atoms with Gasteiger partial charge in [-0.15, -0.1) is 0 Å². The summed E-state index contributed by atoms with van der Waals surface area (Å²) in [4.78, 5) is 18.5. The van der Waals surface area contributed by atoms with E-state index in [2.05, 4.69) is 15.2 Å². The Morgan fingerprint density at radius 3 is 2.52 bits per heavy atom. The zero-order chi connectivity index (χ0) is 17.5. The fourth-order valence-electron chi connectivity index (χ4n) is 2.46.